The number of phenolic OH excluding ortho intramolecular Hbond substituents is 1. The van der Waals surface area contributed by atoms with Crippen LogP contribution < -0.4 is 10.6 Å². The topological polar surface area (TPSA) is 78.4 Å². The number of phenols is 1. The number of carbonyl (C=O) groups excluding carboxylic acids is 2. The Morgan fingerprint density at radius 1 is 0.968 bits per heavy atom. The Bertz CT molecular complexity index is 907. The molecule has 0 spiro atoms. The average molecular weight is 423 g/mol. The van der Waals surface area contributed by atoms with Crippen LogP contribution in [-0.4, -0.2) is 16.9 Å². The van der Waals surface area contributed by atoms with Gasteiger partial charge >= 0.3 is 0 Å². The first-order valence-corrected chi connectivity index (χ1v) is 11.3. The van der Waals surface area contributed by atoms with Gasteiger partial charge in [0.25, 0.3) is 5.91 Å². The Balaban J connectivity index is 1.55. The number of benzene rings is 2. The molecule has 1 aliphatic carbocycles. The van der Waals surface area contributed by atoms with Crippen molar-refractivity contribution in [3.63, 3.8) is 0 Å². The summed E-state index contributed by atoms with van der Waals surface area (Å²) in [5.41, 5.74) is 2.52. The van der Waals surface area contributed by atoms with Crippen LogP contribution in [0, 0.1) is 5.92 Å². The van der Waals surface area contributed by atoms with E-state index in [1.807, 2.05) is 12.1 Å². The van der Waals surface area contributed by atoms with Crippen molar-refractivity contribution in [2.75, 3.05) is 10.6 Å². The highest BCUT2D eigenvalue weighted by atomic mass is 16.3. The van der Waals surface area contributed by atoms with Crippen molar-refractivity contribution in [1.82, 2.24) is 0 Å². The molecule has 5 heteroatoms. The van der Waals surface area contributed by atoms with Gasteiger partial charge in [0, 0.05) is 23.7 Å². The van der Waals surface area contributed by atoms with Crippen LogP contribution in [0.3, 0.4) is 0 Å². The Labute approximate surface area is 185 Å². The Kier molecular flexibility index (Phi) is 7.37. The van der Waals surface area contributed by atoms with Crippen LogP contribution in [0.25, 0.3) is 0 Å². The molecule has 1 aliphatic rings. The number of aromatic hydroxyl groups is 1. The second-order valence-electron chi connectivity index (χ2n) is 9.60. The van der Waals surface area contributed by atoms with Gasteiger partial charge in [0.1, 0.15) is 5.75 Å². The van der Waals surface area contributed by atoms with Crippen molar-refractivity contribution in [3.8, 4) is 5.75 Å². The summed E-state index contributed by atoms with van der Waals surface area (Å²) in [6.07, 6.45) is 7.71. The Morgan fingerprint density at radius 3 is 2.26 bits per heavy atom. The number of hydrogen-bond donors (Lipinski definition) is 3. The van der Waals surface area contributed by atoms with Gasteiger partial charge in [-0.15, -0.1) is 0 Å². The lowest BCUT2D eigenvalue weighted by atomic mass is 9.86. The molecule has 1 saturated carbocycles. The Morgan fingerprint density at radius 2 is 1.65 bits per heavy atom. The minimum absolute atomic E-state index is 0.0178. The molecule has 0 aliphatic heterocycles. The van der Waals surface area contributed by atoms with E-state index in [4.69, 9.17) is 0 Å². The summed E-state index contributed by atoms with van der Waals surface area (Å²) >= 11 is 0. The molecule has 2 aromatic carbocycles. The van der Waals surface area contributed by atoms with Crippen LogP contribution in [0.1, 0.15) is 81.6 Å². The normalized spacial score (nSPS) is 14.8. The molecule has 0 heterocycles. The first-order chi connectivity index (χ1) is 14.7. The van der Waals surface area contributed by atoms with Gasteiger partial charge in [0.2, 0.25) is 5.91 Å². The smallest absolute Gasteiger partial charge is 0.255 e. The molecule has 0 radical (unpaired) electrons. The summed E-state index contributed by atoms with van der Waals surface area (Å²) in [6.45, 7) is 6.36. The molecule has 0 atom stereocenters. The van der Waals surface area contributed by atoms with Crippen molar-refractivity contribution in [1.29, 1.82) is 0 Å². The molecule has 166 valence electrons. The number of rotatable bonds is 6. The van der Waals surface area contributed by atoms with Crippen molar-refractivity contribution in [2.45, 2.75) is 71.1 Å². The zero-order valence-corrected chi connectivity index (χ0v) is 18.8. The minimum Gasteiger partial charge on any atom is -0.506 e. The number of amides is 2. The number of nitrogens with one attached hydrogen (secondary N) is 2. The van der Waals surface area contributed by atoms with Crippen LogP contribution in [0.15, 0.2) is 42.5 Å². The molecule has 3 rings (SSSR count). The molecule has 1 fully saturated rings. The van der Waals surface area contributed by atoms with Gasteiger partial charge in [0.15, 0.2) is 0 Å². The van der Waals surface area contributed by atoms with E-state index in [9.17, 15) is 14.7 Å². The summed E-state index contributed by atoms with van der Waals surface area (Å²) in [4.78, 5) is 24.8. The van der Waals surface area contributed by atoms with E-state index in [2.05, 4.69) is 31.4 Å². The zero-order chi connectivity index (χ0) is 22.4. The summed E-state index contributed by atoms with van der Waals surface area (Å²) in [7, 11) is 0. The lowest BCUT2D eigenvalue weighted by Gasteiger charge is -2.21. The van der Waals surface area contributed by atoms with E-state index in [0.717, 1.165) is 12.0 Å². The van der Waals surface area contributed by atoms with E-state index in [1.54, 1.807) is 24.3 Å². The van der Waals surface area contributed by atoms with E-state index >= 15 is 0 Å². The first-order valence-electron chi connectivity index (χ1n) is 11.3. The van der Waals surface area contributed by atoms with Gasteiger partial charge < -0.3 is 15.7 Å². The maximum Gasteiger partial charge on any atom is 0.255 e. The number of carbonyl (C=O) groups is 2. The summed E-state index contributed by atoms with van der Waals surface area (Å²) < 4.78 is 0. The molecule has 2 aromatic rings. The third kappa shape index (κ3) is 6.58. The molecular formula is C26H34N2O3. The second kappa shape index (κ2) is 9.99. The van der Waals surface area contributed by atoms with E-state index in [0.29, 0.717) is 29.3 Å². The lowest BCUT2D eigenvalue weighted by Crippen LogP contribution is -2.15. The summed E-state index contributed by atoms with van der Waals surface area (Å²) in [6, 6.07) is 12.2. The van der Waals surface area contributed by atoms with Gasteiger partial charge in [-0.2, -0.15) is 0 Å². The maximum absolute atomic E-state index is 12.5. The third-order valence-electron chi connectivity index (χ3n) is 6.05. The molecule has 31 heavy (non-hydrogen) atoms. The fraction of sp³-hybridized carbons (Fsp3) is 0.462. The highest BCUT2D eigenvalue weighted by molar-refractivity contribution is 6.05. The van der Waals surface area contributed by atoms with E-state index < -0.39 is 0 Å². The SMILES string of the molecule is CC(C)(C)c1ccc(C(=O)Nc2ccc(NC(=O)CCC3CCCCC3)cc2O)cc1. The van der Waals surface area contributed by atoms with Crippen molar-refractivity contribution in [2.24, 2.45) is 5.92 Å². The standard InChI is InChI=1S/C26H34N2O3/c1-26(2,3)20-12-10-19(11-13-20)25(31)28-22-15-14-21(17-23(22)29)27-24(30)16-9-18-7-5-4-6-8-18/h10-15,17-18,29H,4-9,16H2,1-3H3,(H,27,30)(H,28,31). The van der Waals surface area contributed by atoms with E-state index in [1.165, 1.54) is 38.2 Å². The number of anilines is 2. The quantitative estimate of drug-likeness (QED) is 0.482. The van der Waals surface area contributed by atoms with Gasteiger partial charge in [-0.25, -0.2) is 0 Å². The summed E-state index contributed by atoms with van der Waals surface area (Å²) in [5.74, 6) is 0.244. The van der Waals surface area contributed by atoms with Crippen molar-refractivity contribution >= 4 is 23.2 Å². The monoisotopic (exact) mass is 422 g/mol. The molecule has 0 unspecified atom stereocenters. The minimum atomic E-state index is -0.292. The fourth-order valence-electron chi connectivity index (χ4n) is 4.07. The largest absolute Gasteiger partial charge is 0.506 e. The van der Waals surface area contributed by atoms with Crippen LogP contribution in [0.5, 0.6) is 5.75 Å². The third-order valence-corrected chi connectivity index (χ3v) is 6.05. The predicted molar refractivity (Wildman–Crippen MR) is 126 cm³/mol. The first kappa shape index (κ1) is 22.9. The van der Waals surface area contributed by atoms with Crippen LogP contribution >= 0.6 is 0 Å². The van der Waals surface area contributed by atoms with Crippen LogP contribution in [0.4, 0.5) is 11.4 Å². The molecule has 0 bridgehead atoms. The van der Waals surface area contributed by atoms with Gasteiger partial charge in [-0.3, -0.25) is 9.59 Å². The lowest BCUT2D eigenvalue weighted by molar-refractivity contribution is -0.116. The molecule has 5 nitrogen and oxygen atoms in total. The van der Waals surface area contributed by atoms with Gasteiger partial charge in [-0.05, 0) is 47.6 Å². The second-order valence-corrected chi connectivity index (χ2v) is 9.60. The maximum atomic E-state index is 12.5. The van der Waals surface area contributed by atoms with E-state index in [-0.39, 0.29) is 23.0 Å². The average Bonchev–Trinajstić information content (AvgIpc) is 2.74. The zero-order valence-electron chi connectivity index (χ0n) is 18.8. The fourth-order valence-corrected chi connectivity index (χ4v) is 4.07. The molecule has 0 saturated heterocycles. The molecule has 3 N–H and O–H groups in total. The molecule has 2 amide bonds. The molecule has 0 aromatic heterocycles. The van der Waals surface area contributed by atoms with Crippen molar-refractivity contribution < 1.29 is 14.7 Å². The van der Waals surface area contributed by atoms with Crippen molar-refractivity contribution in [3.05, 3.63) is 53.6 Å². The Hall–Kier alpha value is -2.82. The number of hydrogen-bond acceptors (Lipinski definition) is 3. The highest BCUT2D eigenvalue weighted by Gasteiger charge is 2.17. The van der Waals surface area contributed by atoms with Crippen LogP contribution in [-0.2, 0) is 10.2 Å². The van der Waals surface area contributed by atoms with Gasteiger partial charge in [-0.1, -0.05) is 65.0 Å². The summed E-state index contributed by atoms with van der Waals surface area (Å²) in [5, 5.41) is 15.9. The highest BCUT2D eigenvalue weighted by Crippen LogP contribution is 2.29. The molecular weight excluding hydrogens is 388 g/mol. The predicted octanol–water partition coefficient (Wildman–Crippen LogP) is 6.24. The van der Waals surface area contributed by atoms with Gasteiger partial charge in [0.05, 0.1) is 5.69 Å². The van der Waals surface area contributed by atoms with Crippen LogP contribution in [0.2, 0.25) is 0 Å².